The van der Waals surface area contributed by atoms with Gasteiger partial charge in [0.25, 0.3) is 5.91 Å². The second kappa shape index (κ2) is 5.55. The molecule has 0 atom stereocenters. The molecule has 0 unspecified atom stereocenters. The van der Waals surface area contributed by atoms with Crippen molar-refractivity contribution in [2.24, 2.45) is 0 Å². The summed E-state index contributed by atoms with van der Waals surface area (Å²) in [5, 5.41) is 12.5. The van der Waals surface area contributed by atoms with Gasteiger partial charge in [0.05, 0.1) is 17.7 Å². The lowest BCUT2D eigenvalue weighted by Gasteiger charge is -2.28. The summed E-state index contributed by atoms with van der Waals surface area (Å²) in [6.07, 6.45) is 5.18. The number of nitrogens with one attached hydrogen (secondary N) is 1. The minimum absolute atomic E-state index is 0.0439. The van der Waals surface area contributed by atoms with Gasteiger partial charge in [-0.05, 0) is 34.8 Å². The predicted molar refractivity (Wildman–Crippen MR) is 72.7 cm³/mol. The average Bonchev–Trinajstić information content (AvgIpc) is 2.81. The average molecular weight is 334 g/mol. The number of hydrogen-bond donors (Lipinski definition) is 2. The first kappa shape index (κ1) is 13.8. The van der Waals surface area contributed by atoms with Crippen LogP contribution in [0.25, 0.3) is 0 Å². The van der Waals surface area contributed by atoms with Crippen molar-refractivity contribution < 1.29 is 9.90 Å². The third-order valence-electron chi connectivity index (χ3n) is 3.29. The Morgan fingerprint density at radius 3 is 2.83 bits per heavy atom. The van der Waals surface area contributed by atoms with Gasteiger partial charge in [0.2, 0.25) is 0 Å². The number of aliphatic hydroxyl groups excluding tert-OH is 1. The molecule has 1 aromatic heterocycles. The molecule has 1 fully saturated rings. The van der Waals surface area contributed by atoms with Crippen LogP contribution in [0.1, 0.15) is 36.0 Å². The second-order valence-electron chi connectivity index (χ2n) is 4.59. The zero-order valence-electron chi connectivity index (χ0n) is 9.75. The van der Waals surface area contributed by atoms with E-state index in [0.29, 0.717) is 10.0 Å². The molecule has 1 aliphatic rings. The SMILES string of the molecule is O=C(NC1(CO)CCCC1)c1cc(Br)cnc1Cl. The molecule has 1 aromatic rings. The highest BCUT2D eigenvalue weighted by molar-refractivity contribution is 9.10. The predicted octanol–water partition coefficient (Wildman–Crippen LogP) is 2.53. The zero-order valence-corrected chi connectivity index (χ0v) is 12.1. The van der Waals surface area contributed by atoms with Crippen LogP contribution < -0.4 is 5.32 Å². The fourth-order valence-corrected chi connectivity index (χ4v) is 2.78. The van der Waals surface area contributed by atoms with Crippen molar-refractivity contribution in [3.63, 3.8) is 0 Å². The molecule has 2 N–H and O–H groups in total. The summed E-state index contributed by atoms with van der Waals surface area (Å²) in [7, 11) is 0. The zero-order chi connectivity index (χ0) is 13.2. The summed E-state index contributed by atoms with van der Waals surface area (Å²) >= 11 is 9.17. The molecule has 0 aromatic carbocycles. The molecule has 18 heavy (non-hydrogen) atoms. The Labute approximate surface area is 119 Å². The quantitative estimate of drug-likeness (QED) is 0.836. The van der Waals surface area contributed by atoms with E-state index in [0.717, 1.165) is 25.7 Å². The fourth-order valence-electron chi connectivity index (χ4n) is 2.26. The number of rotatable bonds is 3. The number of halogens is 2. The van der Waals surface area contributed by atoms with Crippen LogP contribution in [-0.4, -0.2) is 28.1 Å². The maximum Gasteiger partial charge on any atom is 0.254 e. The van der Waals surface area contributed by atoms with Crippen molar-refractivity contribution in [1.29, 1.82) is 0 Å². The van der Waals surface area contributed by atoms with Gasteiger partial charge >= 0.3 is 0 Å². The van der Waals surface area contributed by atoms with Crippen LogP contribution in [0.3, 0.4) is 0 Å². The minimum atomic E-state index is -0.497. The monoisotopic (exact) mass is 332 g/mol. The number of hydrogen-bond acceptors (Lipinski definition) is 3. The summed E-state index contributed by atoms with van der Waals surface area (Å²) in [5.41, 5.74) is -0.173. The summed E-state index contributed by atoms with van der Waals surface area (Å²) in [6, 6.07) is 1.63. The third kappa shape index (κ3) is 2.84. The van der Waals surface area contributed by atoms with Gasteiger partial charge in [0.15, 0.2) is 0 Å². The van der Waals surface area contributed by atoms with Crippen molar-refractivity contribution in [3.05, 3.63) is 27.5 Å². The standard InChI is InChI=1S/C12H14BrClN2O2/c13-8-5-9(10(14)15-6-8)11(18)16-12(7-17)3-1-2-4-12/h5-6,17H,1-4,7H2,(H,16,18). The van der Waals surface area contributed by atoms with Crippen molar-refractivity contribution in [2.45, 2.75) is 31.2 Å². The third-order valence-corrected chi connectivity index (χ3v) is 4.03. The van der Waals surface area contributed by atoms with E-state index in [1.54, 1.807) is 6.07 Å². The van der Waals surface area contributed by atoms with E-state index in [4.69, 9.17) is 11.6 Å². The maximum absolute atomic E-state index is 12.2. The number of aromatic nitrogens is 1. The Hall–Kier alpha value is -0.650. The molecule has 0 saturated heterocycles. The van der Waals surface area contributed by atoms with Crippen LogP contribution in [-0.2, 0) is 0 Å². The fraction of sp³-hybridized carbons (Fsp3) is 0.500. The molecule has 0 spiro atoms. The summed E-state index contributed by atoms with van der Waals surface area (Å²) in [6.45, 7) is -0.0439. The lowest BCUT2D eigenvalue weighted by Crippen LogP contribution is -2.49. The molecule has 6 heteroatoms. The van der Waals surface area contributed by atoms with Gasteiger partial charge in [0, 0.05) is 10.7 Å². The highest BCUT2D eigenvalue weighted by atomic mass is 79.9. The molecule has 2 rings (SSSR count). The van der Waals surface area contributed by atoms with Crippen molar-refractivity contribution in [3.8, 4) is 0 Å². The van der Waals surface area contributed by atoms with Crippen LogP contribution in [0.5, 0.6) is 0 Å². The lowest BCUT2D eigenvalue weighted by atomic mass is 9.98. The maximum atomic E-state index is 12.2. The van der Waals surface area contributed by atoms with Gasteiger partial charge in [-0.3, -0.25) is 4.79 Å². The highest BCUT2D eigenvalue weighted by Gasteiger charge is 2.35. The molecular formula is C12H14BrClN2O2. The Morgan fingerprint density at radius 2 is 2.22 bits per heavy atom. The summed E-state index contributed by atoms with van der Waals surface area (Å²) in [5.74, 6) is -0.287. The first-order valence-corrected chi connectivity index (χ1v) is 6.98. The van der Waals surface area contributed by atoms with Crippen molar-refractivity contribution in [1.82, 2.24) is 10.3 Å². The molecule has 0 aliphatic heterocycles. The number of nitrogens with zero attached hydrogens (tertiary/aromatic N) is 1. The van der Waals surface area contributed by atoms with E-state index in [1.165, 1.54) is 6.20 Å². The number of amides is 1. The van der Waals surface area contributed by atoms with Gasteiger partial charge in [0.1, 0.15) is 5.15 Å². The van der Waals surface area contributed by atoms with Crippen LogP contribution in [0.4, 0.5) is 0 Å². The van der Waals surface area contributed by atoms with Crippen LogP contribution in [0.2, 0.25) is 5.15 Å². The van der Waals surface area contributed by atoms with Gasteiger partial charge in [-0.15, -0.1) is 0 Å². The largest absolute Gasteiger partial charge is 0.394 e. The van der Waals surface area contributed by atoms with Crippen molar-refractivity contribution >= 4 is 33.4 Å². The van der Waals surface area contributed by atoms with Crippen LogP contribution in [0.15, 0.2) is 16.7 Å². The van der Waals surface area contributed by atoms with E-state index in [1.807, 2.05) is 0 Å². The van der Waals surface area contributed by atoms with Gasteiger partial charge in [-0.1, -0.05) is 24.4 Å². The first-order valence-electron chi connectivity index (χ1n) is 5.81. The van der Waals surface area contributed by atoms with E-state index >= 15 is 0 Å². The Morgan fingerprint density at radius 1 is 1.56 bits per heavy atom. The minimum Gasteiger partial charge on any atom is -0.394 e. The van der Waals surface area contributed by atoms with E-state index in [2.05, 4.69) is 26.2 Å². The van der Waals surface area contributed by atoms with Gasteiger partial charge in [-0.2, -0.15) is 0 Å². The topological polar surface area (TPSA) is 62.2 Å². The first-order chi connectivity index (χ1) is 8.56. The van der Waals surface area contributed by atoms with E-state index in [-0.39, 0.29) is 17.7 Å². The molecule has 0 bridgehead atoms. The molecule has 1 amide bonds. The number of aliphatic hydroxyl groups is 1. The molecule has 4 nitrogen and oxygen atoms in total. The normalized spacial score (nSPS) is 17.7. The Bertz CT molecular complexity index is 461. The molecular weight excluding hydrogens is 320 g/mol. The molecule has 0 radical (unpaired) electrons. The second-order valence-corrected chi connectivity index (χ2v) is 5.87. The summed E-state index contributed by atoms with van der Waals surface area (Å²) in [4.78, 5) is 16.1. The molecule has 98 valence electrons. The van der Waals surface area contributed by atoms with E-state index in [9.17, 15) is 9.90 Å². The Kier molecular flexibility index (Phi) is 4.25. The van der Waals surface area contributed by atoms with Crippen LogP contribution >= 0.6 is 27.5 Å². The lowest BCUT2D eigenvalue weighted by molar-refractivity contribution is 0.0838. The Balaban J connectivity index is 2.18. The molecule has 1 saturated carbocycles. The highest BCUT2D eigenvalue weighted by Crippen LogP contribution is 2.30. The molecule has 1 heterocycles. The van der Waals surface area contributed by atoms with Gasteiger partial charge < -0.3 is 10.4 Å². The summed E-state index contributed by atoms with van der Waals surface area (Å²) < 4.78 is 0.696. The smallest absolute Gasteiger partial charge is 0.254 e. The number of carbonyl (C=O) groups excluding carboxylic acids is 1. The number of carbonyl (C=O) groups is 1. The van der Waals surface area contributed by atoms with E-state index < -0.39 is 5.54 Å². The number of pyridine rings is 1. The van der Waals surface area contributed by atoms with Gasteiger partial charge in [-0.25, -0.2) is 4.98 Å². The van der Waals surface area contributed by atoms with Crippen molar-refractivity contribution in [2.75, 3.05) is 6.61 Å². The molecule has 1 aliphatic carbocycles. The van der Waals surface area contributed by atoms with Crippen LogP contribution in [0, 0.1) is 0 Å².